The van der Waals surface area contributed by atoms with Gasteiger partial charge in [0.1, 0.15) is 17.1 Å². The summed E-state index contributed by atoms with van der Waals surface area (Å²) in [6, 6.07) is 9.82. The molecule has 2 aromatic rings. The third-order valence-electron chi connectivity index (χ3n) is 3.13. The maximum Gasteiger partial charge on any atom is 0.193 e. The summed E-state index contributed by atoms with van der Waals surface area (Å²) >= 11 is 0. The molecule has 0 fully saturated rings. The summed E-state index contributed by atoms with van der Waals surface area (Å²) in [4.78, 5) is 12.2. The van der Waals surface area contributed by atoms with Crippen molar-refractivity contribution < 1.29 is 24.5 Å². The van der Waals surface area contributed by atoms with E-state index in [0.717, 1.165) is 11.3 Å². The number of ketones is 1. The van der Waals surface area contributed by atoms with E-state index < -0.39 is 11.5 Å². The number of allylic oxidation sites excluding steroid dienone is 1. The van der Waals surface area contributed by atoms with Crippen LogP contribution in [0.1, 0.15) is 15.9 Å². The van der Waals surface area contributed by atoms with Gasteiger partial charge < -0.3 is 19.7 Å². The van der Waals surface area contributed by atoms with Crippen LogP contribution in [0.4, 0.5) is 0 Å². The third-order valence-corrected chi connectivity index (χ3v) is 3.13. The average Bonchev–Trinajstić information content (AvgIpc) is 2.55. The first kappa shape index (κ1) is 15.4. The Morgan fingerprint density at radius 1 is 1.00 bits per heavy atom. The number of ether oxygens (including phenoxy) is 2. The van der Waals surface area contributed by atoms with E-state index in [1.54, 1.807) is 37.5 Å². The van der Waals surface area contributed by atoms with Crippen molar-refractivity contribution in [3.8, 4) is 23.0 Å². The summed E-state index contributed by atoms with van der Waals surface area (Å²) in [5, 5.41) is 19.4. The van der Waals surface area contributed by atoms with Crippen molar-refractivity contribution in [3.63, 3.8) is 0 Å². The van der Waals surface area contributed by atoms with Crippen LogP contribution in [-0.4, -0.2) is 30.2 Å². The molecule has 0 aliphatic rings. The van der Waals surface area contributed by atoms with Gasteiger partial charge in [0.25, 0.3) is 0 Å². The van der Waals surface area contributed by atoms with Crippen LogP contribution in [0.5, 0.6) is 23.0 Å². The molecule has 5 heteroatoms. The van der Waals surface area contributed by atoms with Crippen molar-refractivity contribution in [2.24, 2.45) is 0 Å². The highest BCUT2D eigenvalue weighted by molar-refractivity contribution is 6.11. The molecule has 2 N–H and O–H groups in total. The molecule has 5 nitrogen and oxygen atoms in total. The number of phenols is 2. The zero-order chi connectivity index (χ0) is 16.1. The molecule has 0 aromatic heterocycles. The molecule has 22 heavy (non-hydrogen) atoms. The fourth-order valence-corrected chi connectivity index (χ4v) is 1.94. The molecule has 0 saturated carbocycles. The van der Waals surface area contributed by atoms with Crippen LogP contribution in [0.15, 0.2) is 42.5 Å². The van der Waals surface area contributed by atoms with Crippen molar-refractivity contribution in [3.05, 3.63) is 53.6 Å². The highest BCUT2D eigenvalue weighted by Gasteiger charge is 2.18. The molecule has 0 bridgehead atoms. The highest BCUT2D eigenvalue weighted by Crippen LogP contribution is 2.36. The summed E-state index contributed by atoms with van der Waals surface area (Å²) in [6.45, 7) is 0. The van der Waals surface area contributed by atoms with E-state index >= 15 is 0 Å². The lowest BCUT2D eigenvalue weighted by Crippen LogP contribution is -1.99. The van der Waals surface area contributed by atoms with Gasteiger partial charge in [-0.05, 0) is 35.9 Å². The first-order valence-corrected chi connectivity index (χ1v) is 6.52. The van der Waals surface area contributed by atoms with Crippen molar-refractivity contribution in [2.45, 2.75) is 0 Å². The lowest BCUT2D eigenvalue weighted by Gasteiger charge is -2.08. The maximum atomic E-state index is 12.2. The van der Waals surface area contributed by atoms with E-state index in [1.165, 1.54) is 25.3 Å². The summed E-state index contributed by atoms with van der Waals surface area (Å²) in [7, 11) is 2.96. The fourth-order valence-electron chi connectivity index (χ4n) is 1.94. The molecule has 0 amide bonds. The van der Waals surface area contributed by atoms with Crippen LogP contribution < -0.4 is 9.47 Å². The third kappa shape index (κ3) is 3.20. The monoisotopic (exact) mass is 300 g/mol. The molecule has 0 spiro atoms. The average molecular weight is 300 g/mol. The van der Waals surface area contributed by atoms with Crippen molar-refractivity contribution >= 4 is 11.9 Å². The summed E-state index contributed by atoms with van der Waals surface area (Å²) in [6.07, 6.45) is 2.91. The second-order valence-corrected chi connectivity index (χ2v) is 4.48. The molecule has 2 aromatic carbocycles. The fraction of sp³-hybridized carbons (Fsp3) is 0.118. The Morgan fingerprint density at radius 2 is 1.68 bits per heavy atom. The summed E-state index contributed by atoms with van der Waals surface area (Å²) in [5.74, 6) is -0.428. The van der Waals surface area contributed by atoms with Gasteiger partial charge in [-0.1, -0.05) is 18.2 Å². The molecule has 2 rings (SSSR count). The van der Waals surface area contributed by atoms with Crippen LogP contribution in [0.2, 0.25) is 0 Å². The number of carbonyl (C=O) groups excluding carboxylic acids is 1. The SMILES string of the molecule is COc1ccc(/C=C/C(=O)c2c(OC)ccc(O)c2O)cc1. The zero-order valence-corrected chi connectivity index (χ0v) is 12.2. The lowest BCUT2D eigenvalue weighted by atomic mass is 10.1. The molecule has 0 heterocycles. The number of hydrogen-bond acceptors (Lipinski definition) is 5. The number of phenolic OH excluding ortho intramolecular Hbond substituents is 2. The van der Waals surface area contributed by atoms with E-state index in [1.807, 2.05) is 0 Å². The minimum Gasteiger partial charge on any atom is -0.504 e. The maximum absolute atomic E-state index is 12.2. The minimum atomic E-state index is -0.497. The second-order valence-electron chi connectivity index (χ2n) is 4.48. The molecule has 0 aliphatic heterocycles. The number of rotatable bonds is 5. The first-order valence-electron chi connectivity index (χ1n) is 6.52. The molecular weight excluding hydrogens is 284 g/mol. The van der Waals surface area contributed by atoms with Crippen LogP contribution in [-0.2, 0) is 0 Å². The van der Waals surface area contributed by atoms with E-state index in [0.29, 0.717) is 0 Å². The van der Waals surface area contributed by atoms with E-state index in [2.05, 4.69) is 0 Å². The molecular formula is C17H16O5. The van der Waals surface area contributed by atoms with Crippen LogP contribution in [0.3, 0.4) is 0 Å². The number of methoxy groups -OCH3 is 2. The highest BCUT2D eigenvalue weighted by atomic mass is 16.5. The van der Waals surface area contributed by atoms with Crippen LogP contribution in [0, 0.1) is 0 Å². The zero-order valence-electron chi connectivity index (χ0n) is 12.2. The van der Waals surface area contributed by atoms with Gasteiger partial charge in [-0.25, -0.2) is 0 Å². The van der Waals surface area contributed by atoms with Gasteiger partial charge in [0.05, 0.1) is 14.2 Å². The Hall–Kier alpha value is -2.95. The molecule has 0 aliphatic carbocycles. The predicted molar refractivity (Wildman–Crippen MR) is 82.7 cm³/mol. The molecule has 0 saturated heterocycles. The number of carbonyl (C=O) groups is 1. The molecule has 0 radical (unpaired) electrons. The van der Waals surface area contributed by atoms with Crippen molar-refractivity contribution in [2.75, 3.05) is 14.2 Å². The van der Waals surface area contributed by atoms with E-state index in [9.17, 15) is 15.0 Å². The van der Waals surface area contributed by atoms with Crippen LogP contribution >= 0.6 is 0 Å². The Balaban J connectivity index is 2.28. The summed E-state index contributed by atoms with van der Waals surface area (Å²) in [5.41, 5.74) is 0.722. The van der Waals surface area contributed by atoms with Gasteiger partial charge in [0, 0.05) is 0 Å². The van der Waals surface area contributed by atoms with Gasteiger partial charge >= 0.3 is 0 Å². The summed E-state index contributed by atoms with van der Waals surface area (Å²) < 4.78 is 10.1. The Kier molecular flexibility index (Phi) is 4.68. The molecule has 0 unspecified atom stereocenters. The van der Waals surface area contributed by atoms with Gasteiger partial charge in [0.15, 0.2) is 17.3 Å². The quantitative estimate of drug-likeness (QED) is 0.504. The predicted octanol–water partition coefficient (Wildman–Crippen LogP) is 3.01. The molecule has 0 atom stereocenters. The first-order chi connectivity index (χ1) is 10.6. The van der Waals surface area contributed by atoms with Gasteiger partial charge in [0.2, 0.25) is 0 Å². The number of aromatic hydroxyl groups is 2. The normalized spacial score (nSPS) is 10.6. The second kappa shape index (κ2) is 6.67. The van der Waals surface area contributed by atoms with E-state index in [-0.39, 0.29) is 17.1 Å². The van der Waals surface area contributed by atoms with Crippen molar-refractivity contribution in [1.29, 1.82) is 0 Å². The standard InChI is InChI=1S/C17H16O5/c1-21-12-6-3-11(4-7-12)5-8-13(18)16-15(22-2)10-9-14(19)17(16)20/h3-10,19-20H,1-2H3/b8-5+. The van der Waals surface area contributed by atoms with Crippen molar-refractivity contribution in [1.82, 2.24) is 0 Å². The smallest absolute Gasteiger partial charge is 0.193 e. The largest absolute Gasteiger partial charge is 0.504 e. The number of benzene rings is 2. The Bertz CT molecular complexity index is 702. The lowest BCUT2D eigenvalue weighted by molar-refractivity contribution is 0.104. The Morgan fingerprint density at radius 3 is 2.27 bits per heavy atom. The van der Waals surface area contributed by atoms with Gasteiger partial charge in [-0.3, -0.25) is 4.79 Å². The Labute approximate surface area is 128 Å². The number of hydrogen-bond donors (Lipinski definition) is 2. The van der Waals surface area contributed by atoms with Gasteiger partial charge in [-0.2, -0.15) is 0 Å². The minimum absolute atomic E-state index is 0.0766. The van der Waals surface area contributed by atoms with E-state index in [4.69, 9.17) is 9.47 Å². The topological polar surface area (TPSA) is 76.0 Å². The molecule has 114 valence electrons. The van der Waals surface area contributed by atoms with Crippen LogP contribution in [0.25, 0.3) is 6.08 Å². The van der Waals surface area contributed by atoms with Gasteiger partial charge in [-0.15, -0.1) is 0 Å².